The molecule has 1 amide bonds. The highest BCUT2D eigenvalue weighted by molar-refractivity contribution is 5.83. The monoisotopic (exact) mass is 348 g/mol. The topological polar surface area (TPSA) is 44.1 Å². The van der Waals surface area contributed by atoms with E-state index < -0.39 is 0 Å². The molecule has 0 heterocycles. The Balaban J connectivity index is 2.11. The number of hydrogen-bond acceptors (Lipinski definition) is 2. The van der Waals surface area contributed by atoms with E-state index in [2.05, 4.69) is 44.2 Å². The van der Waals surface area contributed by atoms with Gasteiger partial charge in [0.1, 0.15) is 0 Å². The molecule has 0 aliphatic carbocycles. The van der Waals surface area contributed by atoms with E-state index >= 15 is 0 Å². The largest absolute Gasteiger partial charge is 0.337 e. The molecule has 0 aliphatic heterocycles. The van der Waals surface area contributed by atoms with Crippen molar-refractivity contribution in [2.24, 2.45) is 5.92 Å². The second-order valence-corrected chi connectivity index (χ2v) is 7.21. The summed E-state index contributed by atoms with van der Waals surface area (Å²) in [5, 5.41) is 8.93. The molecule has 0 fully saturated rings. The molecule has 2 aromatic carbocycles. The molecule has 1 atom stereocenters. The summed E-state index contributed by atoms with van der Waals surface area (Å²) in [6.07, 6.45) is 1.39. The summed E-state index contributed by atoms with van der Waals surface area (Å²) in [4.78, 5) is 14.8. The number of carbonyl (C=O) groups is 1. The zero-order chi connectivity index (χ0) is 18.9. The van der Waals surface area contributed by atoms with Gasteiger partial charge in [-0.15, -0.1) is 0 Å². The van der Waals surface area contributed by atoms with Crippen LogP contribution in [0.3, 0.4) is 0 Å². The van der Waals surface area contributed by atoms with Gasteiger partial charge in [0.25, 0.3) is 0 Å². The lowest BCUT2D eigenvalue weighted by Crippen LogP contribution is -2.34. The third kappa shape index (κ3) is 5.74. The van der Waals surface area contributed by atoms with E-state index in [4.69, 9.17) is 5.26 Å². The van der Waals surface area contributed by atoms with E-state index in [1.807, 2.05) is 37.3 Å². The van der Waals surface area contributed by atoms with E-state index in [1.165, 1.54) is 5.56 Å². The summed E-state index contributed by atoms with van der Waals surface area (Å²) in [6.45, 7) is 7.36. The van der Waals surface area contributed by atoms with Crippen molar-refractivity contribution in [2.45, 2.75) is 46.1 Å². The predicted molar refractivity (Wildman–Crippen MR) is 105 cm³/mol. The number of hydrogen-bond donors (Lipinski definition) is 0. The van der Waals surface area contributed by atoms with Gasteiger partial charge in [-0.25, -0.2) is 0 Å². The Hall–Kier alpha value is -2.60. The highest BCUT2D eigenvalue weighted by Crippen LogP contribution is 2.21. The first-order valence-corrected chi connectivity index (χ1v) is 9.29. The van der Waals surface area contributed by atoms with Crippen LogP contribution >= 0.6 is 0 Å². The maximum atomic E-state index is 13.0. The summed E-state index contributed by atoms with van der Waals surface area (Å²) in [6, 6.07) is 20.4. The first-order chi connectivity index (χ1) is 12.5. The van der Waals surface area contributed by atoms with Crippen molar-refractivity contribution in [1.29, 1.82) is 5.26 Å². The number of benzene rings is 2. The lowest BCUT2D eigenvalue weighted by molar-refractivity contribution is -0.133. The first kappa shape index (κ1) is 19.7. The van der Waals surface area contributed by atoms with Gasteiger partial charge in [-0.1, -0.05) is 68.4 Å². The van der Waals surface area contributed by atoms with Crippen LogP contribution in [0.15, 0.2) is 54.6 Å². The van der Waals surface area contributed by atoms with E-state index in [1.54, 1.807) is 4.90 Å². The van der Waals surface area contributed by atoms with Crippen molar-refractivity contribution in [2.75, 3.05) is 6.54 Å². The number of carbonyl (C=O) groups excluding carboxylic acids is 1. The third-order valence-corrected chi connectivity index (χ3v) is 4.52. The van der Waals surface area contributed by atoms with Gasteiger partial charge in [-0.05, 0) is 36.0 Å². The lowest BCUT2D eigenvalue weighted by atomic mass is 9.95. The van der Waals surface area contributed by atoms with E-state index in [-0.39, 0.29) is 11.8 Å². The molecule has 3 heteroatoms. The summed E-state index contributed by atoms with van der Waals surface area (Å²) in [5.74, 6) is 0.471. The molecule has 3 nitrogen and oxygen atoms in total. The third-order valence-electron chi connectivity index (χ3n) is 4.52. The molecule has 2 rings (SSSR count). The number of nitrogens with zero attached hydrogens (tertiary/aromatic N) is 2. The minimum Gasteiger partial charge on any atom is -0.337 e. The molecular weight excluding hydrogens is 320 g/mol. The summed E-state index contributed by atoms with van der Waals surface area (Å²) in [5.41, 5.74) is 3.41. The van der Waals surface area contributed by atoms with E-state index in [0.717, 1.165) is 17.5 Å². The molecule has 1 unspecified atom stereocenters. The van der Waals surface area contributed by atoms with Crippen molar-refractivity contribution in [3.8, 4) is 6.07 Å². The van der Waals surface area contributed by atoms with E-state index in [0.29, 0.717) is 25.4 Å². The van der Waals surface area contributed by atoms with Gasteiger partial charge in [0.2, 0.25) is 5.91 Å². The predicted octanol–water partition coefficient (Wildman–Crippen LogP) is 4.93. The van der Waals surface area contributed by atoms with Crippen molar-refractivity contribution < 1.29 is 4.79 Å². The molecule has 0 saturated heterocycles. The zero-order valence-corrected chi connectivity index (χ0v) is 16.0. The molecular formula is C23H28N2O. The van der Waals surface area contributed by atoms with Crippen molar-refractivity contribution in [1.82, 2.24) is 4.90 Å². The molecule has 26 heavy (non-hydrogen) atoms. The fourth-order valence-electron chi connectivity index (χ4n) is 3.09. The fraction of sp³-hybridized carbons (Fsp3) is 0.391. The molecule has 0 bridgehead atoms. The van der Waals surface area contributed by atoms with Gasteiger partial charge in [0.15, 0.2) is 0 Å². The van der Waals surface area contributed by atoms with Crippen LogP contribution in [0, 0.1) is 17.2 Å². The number of nitriles is 1. The highest BCUT2D eigenvalue weighted by atomic mass is 16.2. The average molecular weight is 348 g/mol. The Labute approximate surface area is 157 Å². The van der Waals surface area contributed by atoms with Gasteiger partial charge in [0, 0.05) is 13.1 Å². The van der Waals surface area contributed by atoms with Crippen LogP contribution in [0.2, 0.25) is 0 Å². The molecule has 0 radical (unpaired) electrons. The molecule has 0 aliphatic rings. The molecule has 2 aromatic rings. The van der Waals surface area contributed by atoms with Crippen LogP contribution in [0.25, 0.3) is 0 Å². The molecule has 0 saturated carbocycles. The quantitative estimate of drug-likeness (QED) is 0.679. The van der Waals surface area contributed by atoms with Gasteiger partial charge in [-0.2, -0.15) is 5.26 Å². The van der Waals surface area contributed by atoms with Gasteiger partial charge >= 0.3 is 0 Å². The maximum Gasteiger partial charge on any atom is 0.230 e. The van der Waals surface area contributed by atoms with Gasteiger partial charge in [0.05, 0.1) is 18.4 Å². The fourth-order valence-corrected chi connectivity index (χ4v) is 3.09. The number of amides is 1. The minimum absolute atomic E-state index is 0.0701. The highest BCUT2D eigenvalue weighted by Gasteiger charge is 2.22. The van der Waals surface area contributed by atoms with E-state index in [9.17, 15) is 4.79 Å². The normalized spacial score (nSPS) is 11.8. The summed E-state index contributed by atoms with van der Waals surface area (Å²) >= 11 is 0. The molecule has 0 aromatic heterocycles. The standard InChI is InChI=1S/C23H28N2O/c1-18(2)16-20-10-12-22(13-11-20)19(3)23(26)25(15-7-14-24)17-21-8-5-4-6-9-21/h4-6,8-13,18-19H,7,15-17H2,1-3H3. The first-order valence-electron chi connectivity index (χ1n) is 9.29. The molecule has 136 valence electrons. The Kier molecular flexibility index (Phi) is 7.41. The average Bonchev–Trinajstić information content (AvgIpc) is 2.65. The van der Waals surface area contributed by atoms with Crippen LogP contribution < -0.4 is 0 Å². The summed E-state index contributed by atoms with van der Waals surface area (Å²) < 4.78 is 0. The molecule has 0 spiro atoms. The second kappa shape index (κ2) is 9.77. The van der Waals surface area contributed by atoms with Gasteiger partial charge in [-0.3, -0.25) is 4.79 Å². The van der Waals surface area contributed by atoms with Crippen LogP contribution in [0.1, 0.15) is 49.8 Å². The number of rotatable bonds is 8. The molecule has 0 N–H and O–H groups in total. The Bertz CT molecular complexity index is 729. The lowest BCUT2D eigenvalue weighted by Gasteiger charge is -2.25. The van der Waals surface area contributed by atoms with Crippen molar-refractivity contribution >= 4 is 5.91 Å². The smallest absolute Gasteiger partial charge is 0.230 e. The Morgan fingerprint density at radius 1 is 1.00 bits per heavy atom. The second-order valence-electron chi connectivity index (χ2n) is 7.21. The maximum absolute atomic E-state index is 13.0. The Morgan fingerprint density at radius 2 is 1.65 bits per heavy atom. The minimum atomic E-state index is -0.217. The SMILES string of the molecule is CC(C)Cc1ccc(C(C)C(=O)N(CCC#N)Cc2ccccc2)cc1. The van der Waals surface area contributed by atoms with Crippen LogP contribution in [0.5, 0.6) is 0 Å². The van der Waals surface area contributed by atoms with Crippen LogP contribution in [-0.4, -0.2) is 17.4 Å². The van der Waals surface area contributed by atoms with Crippen molar-refractivity contribution in [3.05, 3.63) is 71.3 Å². The zero-order valence-electron chi connectivity index (χ0n) is 16.0. The Morgan fingerprint density at radius 3 is 2.23 bits per heavy atom. The summed E-state index contributed by atoms with van der Waals surface area (Å²) in [7, 11) is 0. The van der Waals surface area contributed by atoms with Crippen LogP contribution in [-0.2, 0) is 17.8 Å². The van der Waals surface area contributed by atoms with Gasteiger partial charge < -0.3 is 4.90 Å². The van der Waals surface area contributed by atoms with Crippen molar-refractivity contribution in [3.63, 3.8) is 0 Å². The van der Waals surface area contributed by atoms with Crippen LogP contribution in [0.4, 0.5) is 0 Å².